The Hall–Kier alpha value is -2.87. The van der Waals surface area contributed by atoms with Crippen molar-refractivity contribution in [3.63, 3.8) is 0 Å². The minimum Gasteiger partial charge on any atom is -0.280 e. The van der Waals surface area contributed by atoms with Crippen molar-refractivity contribution < 1.29 is 4.79 Å². The molecule has 1 aliphatic rings. The predicted molar refractivity (Wildman–Crippen MR) is 92.9 cm³/mol. The second-order valence-electron chi connectivity index (χ2n) is 5.81. The molecule has 0 saturated heterocycles. The van der Waals surface area contributed by atoms with E-state index in [-0.39, 0.29) is 11.8 Å². The molecule has 0 fully saturated rings. The highest BCUT2D eigenvalue weighted by atomic mass is 16.2. The van der Waals surface area contributed by atoms with Crippen LogP contribution in [0.4, 0.5) is 11.4 Å². The molecule has 2 heteroatoms. The first kappa shape index (κ1) is 13.8. The van der Waals surface area contributed by atoms with Gasteiger partial charge in [-0.3, -0.25) is 9.69 Å². The van der Waals surface area contributed by atoms with Gasteiger partial charge in [0.2, 0.25) is 5.91 Å². The van der Waals surface area contributed by atoms with E-state index in [2.05, 4.69) is 18.2 Å². The van der Waals surface area contributed by atoms with Crippen molar-refractivity contribution in [2.24, 2.45) is 0 Å². The molecule has 0 spiro atoms. The van der Waals surface area contributed by atoms with E-state index in [1.807, 2.05) is 71.6 Å². The standard InChI is InChI=1S/C21H17NO/c23-21-19(15-16-9-3-1-4-10-16)18-13-7-8-14-20(18)22(21)17-11-5-2-6-12-17/h1-14,19H,15H2/t19-/m0/s1. The molecule has 1 heterocycles. The lowest BCUT2D eigenvalue weighted by Gasteiger charge is -2.18. The summed E-state index contributed by atoms with van der Waals surface area (Å²) in [5.74, 6) is 0.0371. The quantitative estimate of drug-likeness (QED) is 0.687. The van der Waals surface area contributed by atoms with Gasteiger partial charge in [-0.05, 0) is 35.7 Å². The summed E-state index contributed by atoms with van der Waals surface area (Å²) >= 11 is 0. The molecule has 0 aliphatic carbocycles. The lowest BCUT2D eigenvalue weighted by atomic mass is 9.93. The average molecular weight is 299 g/mol. The smallest absolute Gasteiger partial charge is 0.239 e. The number of anilines is 2. The summed E-state index contributed by atoms with van der Waals surface area (Å²) in [4.78, 5) is 14.9. The highest BCUT2D eigenvalue weighted by Gasteiger charge is 2.37. The fourth-order valence-electron chi connectivity index (χ4n) is 3.28. The second-order valence-corrected chi connectivity index (χ2v) is 5.81. The number of rotatable bonds is 3. The van der Waals surface area contributed by atoms with Crippen molar-refractivity contribution >= 4 is 17.3 Å². The molecule has 112 valence electrons. The Balaban J connectivity index is 1.76. The van der Waals surface area contributed by atoms with Crippen LogP contribution < -0.4 is 4.90 Å². The van der Waals surface area contributed by atoms with E-state index < -0.39 is 0 Å². The maximum absolute atomic E-state index is 13.1. The van der Waals surface area contributed by atoms with Crippen LogP contribution in [-0.4, -0.2) is 5.91 Å². The number of amides is 1. The molecule has 0 bridgehead atoms. The van der Waals surface area contributed by atoms with Crippen LogP contribution >= 0.6 is 0 Å². The maximum Gasteiger partial charge on any atom is 0.239 e. The average Bonchev–Trinajstić information content (AvgIpc) is 2.89. The molecule has 0 unspecified atom stereocenters. The summed E-state index contributed by atoms with van der Waals surface area (Å²) in [5, 5.41) is 0. The highest BCUT2D eigenvalue weighted by Crippen LogP contribution is 2.42. The molecule has 0 saturated carbocycles. The first-order valence-corrected chi connectivity index (χ1v) is 7.86. The zero-order valence-corrected chi connectivity index (χ0v) is 12.7. The van der Waals surface area contributed by atoms with Crippen molar-refractivity contribution in [2.45, 2.75) is 12.3 Å². The van der Waals surface area contributed by atoms with Crippen molar-refractivity contribution in [2.75, 3.05) is 4.90 Å². The van der Waals surface area contributed by atoms with Gasteiger partial charge in [-0.25, -0.2) is 0 Å². The molecule has 3 aromatic carbocycles. The van der Waals surface area contributed by atoms with Crippen LogP contribution in [0.3, 0.4) is 0 Å². The third-order valence-electron chi connectivity index (χ3n) is 4.37. The SMILES string of the molecule is O=C1[C@@H](Cc2ccccc2)c2ccccc2N1c1ccccc1. The molecule has 0 aromatic heterocycles. The zero-order valence-electron chi connectivity index (χ0n) is 12.7. The fourth-order valence-corrected chi connectivity index (χ4v) is 3.28. The van der Waals surface area contributed by atoms with Crippen LogP contribution in [0.25, 0.3) is 0 Å². The van der Waals surface area contributed by atoms with Gasteiger partial charge in [-0.15, -0.1) is 0 Å². The molecule has 3 aromatic rings. The number of nitrogens with zero attached hydrogens (tertiary/aromatic N) is 1. The van der Waals surface area contributed by atoms with Gasteiger partial charge in [0.25, 0.3) is 0 Å². The third kappa shape index (κ3) is 2.42. The fraction of sp³-hybridized carbons (Fsp3) is 0.0952. The van der Waals surface area contributed by atoms with Gasteiger partial charge in [-0.1, -0.05) is 66.7 Å². The van der Waals surface area contributed by atoms with E-state index in [0.717, 1.165) is 23.4 Å². The van der Waals surface area contributed by atoms with Crippen LogP contribution in [0.1, 0.15) is 17.0 Å². The van der Waals surface area contributed by atoms with E-state index in [4.69, 9.17) is 0 Å². The molecule has 0 N–H and O–H groups in total. The van der Waals surface area contributed by atoms with Gasteiger partial charge < -0.3 is 0 Å². The van der Waals surface area contributed by atoms with E-state index in [9.17, 15) is 4.79 Å². The maximum atomic E-state index is 13.1. The van der Waals surface area contributed by atoms with Gasteiger partial charge in [0.1, 0.15) is 0 Å². The number of benzene rings is 3. The van der Waals surface area contributed by atoms with Crippen LogP contribution in [0.5, 0.6) is 0 Å². The molecule has 1 amide bonds. The Morgan fingerprint density at radius 3 is 2.09 bits per heavy atom. The van der Waals surface area contributed by atoms with Gasteiger partial charge in [0, 0.05) is 5.69 Å². The van der Waals surface area contributed by atoms with Gasteiger partial charge in [-0.2, -0.15) is 0 Å². The number of carbonyl (C=O) groups is 1. The van der Waals surface area contributed by atoms with Crippen LogP contribution in [0.15, 0.2) is 84.9 Å². The minimum atomic E-state index is -0.117. The topological polar surface area (TPSA) is 20.3 Å². The van der Waals surface area contributed by atoms with Gasteiger partial charge in [0.05, 0.1) is 11.6 Å². The molecule has 23 heavy (non-hydrogen) atoms. The number of carbonyl (C=O) groups excluding carboxylic acids is 1. The highest BCUT2D eigenvalue weighted by molar-refractivity contribution is 6.10. The lowest BCUT2D eigenvalue weighted by Crippen LogP contribution is -2.24. The molecular formula is C21H17NO. The van der Waals surface area contributed by atoms with Crippen LogP contribution in [0, 0.1) is 0 Å². The normalized spacial score (nSPS) is 16.4. The van der Waals surface area contributed by atoms with Crippen molar-refractivity contribution in [1.29, 1.82) is 0 Å². The number of fused-ring (bicyclic) bond motifs is 1. The number of para-hydroxylation sites is 2. The van der Waals surface area contributed by atoms with E-state index in [1.54, 1.807) is 0 Å². The van der Waals surface area contributed by atoms with E-state index >= 15 is 0 Å². The molecule has 2 nitrogen and oxygen atoms in total. The zero-order chi connectivity index (χ0) is 15.6. The monoisotopic (exact) mass is 299 g/mol. The van der Waals surface area contributed by atoms with Crippen molar-refractivity contribution in [3.8, 4) is 0 Å². The summed E-state index contributed by atoms with van der Waals surface area (Å²) in [6.45, 7) is 0. The summed E-state index contributed by atoms with van der Waals surface area (Å²) in [6, 6.07) is 28.2. The lowest BCUT2D eigenvalue weighted by molar-refractivity contribution is -0.118. The van der Waals surface area contributed by atoms with Crippen molar-refractivity contribution in [1.82, 2.24) is 0 Å². The Kier molecular flexibility index (Phi) is 3.43. The Morgan fingerprint density at radius 2 is 1.35 bits per heavy atom. The summed E-state index contributed by atoms with van der Waals surface area (Å²) in [5.41, 5.74) is 4.24. The number of hydrogen-bond acceptors (Lipinski definition) is 1. The molecule has 4 rings (SSSR count). The second kappa shape index (κ2) is 5.73. The van der Waals surface area contributed by atoms with E-state index in [0.29, 0.717) is 0 Å². The Labute approximate surface area is 136 Å². The third-order valence-corrected chi connectivity index (χ3v) is 4.37. The molecular weight excluding hydrogens is 282 g/mol. The van der Waals surface area contributed by atoms with Crippen LogP contribution in [-0.2, 0) is 11.2 Å². The van der Waals surface area contributed by atoms with E-state index in [1.165, 1.54) is 5.56 Å². The van der Waals surface area contributed by atoms with Gasteiger partial charge in [0.15, 0.2) is 0 Å². The number of hydrogen-bond donors (Lipinski definition) is 0. The molecule has 1 aliphatic heterocycles. The van der Waals surface area contributed by atoms with Gasteiger partial charge >= 0.3 is 0 Å². The summed E-state index contributed by atoms with van der Waals surface area (Å²) < 4.78 is 0. The predicted octanol–water partition coefficient (Wildman–Crippen LogP) is 4.69. The first-order valence-electron chi connectivity index (χ1n) is 7.86. The van der Waals surface area contributed by atoms with Crippen LogP contribution in [0.2, 0.25) is 0 Å². The Morgan fingerprint density at radius 1 is 0.739 bits per heavy atom. The molecule has 0 radical (unpaired) electrons. The summed E-state index contributed by atoms with van der Waals surface area (Å²) in [7, 11) is 0. The minimum absolute atomic E-state index is 0.117. The Bertz CT molecular complexity index is 827. The molecule has 1 atom stereocenters. The first-order chi connectivity index (χ1) is 11.3. The summed E-state index contributed by atoms with van der Waals surface area (Å²) in [6.07, 6.45) is 0.736. The van der Waals surface area contributed by atoms with Crippen molar-refractivity contribution in [3.05, 3.63) is 96.1 Å². The largest absolute Gasteiger partial charge is 0.280 e.